The van der Waals surface area contributed by atoms with Gasteiger partial charge in [-0.15, -0.1) is 0 Å². The molecular formula is C15H21N. The fourth-order valence-corrected chi connectivity index (χ4v) is 2.27. The third-order valence-electron chi connectivity index (χ3n) is 3.17. The topological polar surface area (TPSA) is 12.0 Å². The molecule has 0 heterocycles. The lowest BCUT2D eigenvalue weighted by Crippen LogP contribution is -2.15. The maximum Gasteiger partial charge on any atom is 0.0205 e. The Hall–Kier alpha value is -1.08. The molecule has 16 heavy (non-hydrogen) atoms. The minimum atomic E-state index is 0.995. The Kier molecular flexibility index (Phi) is 4.17. The van der Waals surface area contributed by atoms with E-state index in [0.29, 0.717) is 0 Å². The predicted molar refractivity (Wildman–Crippen MR) is 69.4 cm³/mol. The number of hydrogen-bond acceptors (Lipinski definition) is 1. The van der Waals surface area contributed by atoms with E-state index in [9.17, 15) is 0 Å². The number of aryl methyl sites for hydroxylation is 1. The van der Waals surface area contributed by atoms with Crippen LogP contribution in [0.3, 0.4) is 0 Å². The summed E-state index contributed by atoms with van der Waals surface area (Å²) in [5.41, 5.74) is 4.38. The summed E-state index contributed by atoms with van der Waals surface area (Å²) in [6, 6.07) is 8.72. The zero-order valence-electron chi connectivity index (χ0n) is 10.1. The summed E-state index contributed by atoms with van der Waals surface area (Å²) >= 11 is 0. The molecule has 86 valence electrons. The quantitative estimate of drug-likeness (QED) is 0.584. The van der Waals surface area contributed by atoms with Gasteiger partial charge in [-0.05, 0) is 44.7 Å². The van der Waals surface area contributed by atoms with Crippen molar-refractivity contribution in [2.45, 2.75) is 39.2 Å². The molecule has 1 aromatic carbocycles. The second kappa shape index (κ2) is 5.86. The standard InChI is InChI=1S/C15H21N/c1-13-5-4-8-15(11-13)12-16-10-9-14-6-2-3-7-14/h4-6,8,11,16H,2-3,7,9-10,12H2,1H3. The van der Waals surface area contributed by atoms with Crippen LogP contribution in [0.25, 0.3) is 0 Å². The number of allylic oxidation sites excluding steroid dienone is 1. The van der Waals surface area contributed by atoms with Crippen molar-refractivity contribution in [1.82, 2.24) is 5.32 Å². The van der Waals surface area contributed by atoms with Gasteiger partial charge in [-0.2, -0.15) is 0 Å². The molecule has 1 nitrogen and oxygen atoms in total. The van der Waals surface area contributed by atoms with Crippen LogP contribution in [0.15, 0.2) is 35.9 Å². The van der Waals surface area contributed by atoms with Gasteiger partial charge < -0.3 is 5.32 Å². The Labute approximate surface area is 98.6 Å². The van der Waals surface area contributed by atoms with Crippen LogP contribution in [0.2, 0.25) is 0 Å². The number of nitrogens with one attached hydrogen (secondary N) is 1. The van der Waals surface area contributed by atoms with Crippen molar-refractivity contribution >= 4 is 0 Å². The minimum Gasteiger partial charge on any atom is -0.312 e. The molecular weight excluding hydrogens is 194 g/mol. The van der Waals surface area contributed by atoms with E-state index < -0.39 is 0 Å². The van der Waals surface area contributed by atoms with Crippen molar-refractivity contribution in [3.05, 3.63) is 47.0 Å². The summed E-state index contributed by atoms with van der Waals surface area (Å²) in [5.74, 6) is 0. The number of hydrogen-bond donors (Lipinski definition) is 1. The largest absolute Gasteiger partial charge is 0.312 e. The fourth-order valence-electron chi connectivity index (χ4n) is 2.27. The molecule has 0 aliphatic heterocycles. The molecule has 1 heteroatoms. The van der Waals surface area contributed by atoms with Crippen LogP contribution in [0, 0.1) is 6.92 Å². The molecule has 0 spiro atoms. The van der Waals surface area contributed by atoms with Crippen LogP contribution in [0.5, 0.6) is 0 Å². The lowest BCUT2D eigenvalue weighted by atomic mass is 10.1. The molecule has 0 radical (unpaired) electrons. The Bertz CT molecular complexity index is 365. The molecule has 2 rings (SSSR count). The van der Waals surface area contributed by atoms with E-state index in [2.05, 4.69) is 42.6 Å². The van der Waals surface area contributed by atoms with Crippen LogP contribution in [-0.2, 0) is 6.54 Å². The molecule has 1 aliphatic rings. The highest BCUT2D eigenvalue weighted by molar-refractivity contribution is 5.22. The van der Waals surface area contributed by atoms with E-state index in [-0.39, 0.29) is 0 Å². The third kappa shape index (κ3) is 3.49. The Balaban J connectivity index is 1.68. The summed E-state index contributed by atoms with van der Waals surface area (Å²) < 4.78 is 0. The lowest BCUT2D eigenvalue weighted by molar-refractivity contribution is 0.675. The Morgan fingerprint density at radius 3 is 3.00 bits per heavy atom. The summed E-state index contributed by atoms with van der Waals surface area (Å²) in [6.07, 6.45) is 7.63. The van der Waals surface area contributed by atoms with Crippen LogP contribution >= 0.6 is 0 Å². The lowest BCUT2D eigenvalue weighted by Gasteiger charge is -2.06. The molecule has 0 saturated carbocycles. The van der Waals surface area contributed by atoms with E-state index in [1.165, 1.54) is 36.8 Å². The van der Waals surface area contributed by atoms with Gasteiger partial charge in [-0.3, -0.25) is 0 Å². The van der Waals surface area contributed by atoms with Crippen LogP contribution in [-0.4, -0.2) is 6.54 Å². The average molecular weight is 215 g/mol. The van der Waals surface area contributed by atoms with Gasteiger partial charge in [0.2, 0.25) is 0 Å². The minimum absolute atomic E-state index is 0.995. The van der Waals surface area contributed by atoms with Crippen LogP contribution < -0.4 is 5.32 Å². The maximum absolute atomic E-state index is 3.51. The molecule has 0 fully saturated rings. The molecule has 1 aliphatic carbocycles. The third-order valence-corrected chi connectivity index (χ3v) is 3.17. The summed E-state index contributed by atoms with van der Waals surface area (Å²) in [7, 11) is 0. The molecule has 0 bridgehead atoms. The first-order chi connectivity index (χ1) is 7.84. The van der Waals surface area contributed by atoms with E-state index >= 15 is 0 Å². The zero-order chi connectivity index (χ0) is 11.2. The first-order valence-corrected chi connectivity index (χ1v) is 6.29. The van der Waals surface area contributed by atoms with Crippen LogP contribution in [0.1, 0.15) is 36.8 Å². The first kappa shape index (κ1) is 11.4. The highest BCUT2D eigenvalue weighted by Crippen LogP contribution is 2.19. The molecule has 0 aromatic heterocycles. The highest BCUT2D eigenvalue weighted by atomic mass is 14.8. The molecule has 0 unspecified atom stereocenters. The smallest absolute Gasteiger partial charge is 0.0205 e. The Morgan fingerprint density at radius 1 is 1.31 bits per heavy atom. The monoisotopic (exact) mass is 215 g/mol. The fraction of sp³-hybridized carbons (Fsp3) is 0.467. The first-order valence-electron chi connectivity index (χ1n) is 6.29. The van der Waals surface area contributed by atoms with Crippen molar-refractivity contribution in [2.24, 2.45) is 0 Å². The van der Waals surface area contributed by atoms with Crippen molar-refractivity contribution in [1.29, 1.82) is 0 Å². The predicted octanol–water partition coefficient (Wildman–Crippen LogP) is 3.59. The zero-order valence-corrected chi connectivity index (χ0v) is 10.1. The number of rotatable bonds is 5. The van der Waals surface area contributed by atoms with Gasteiger partial charge in [0, 0.05) is 6.54 Å². The highest BCUT2D eigenvalue weighted by Gasteiger charge is 2.03. The molecule has 1 aromatic rings. The van der Waals surface area contributed by atoms with Gasteiger partial charge in [0.1, 0.15) is 0 Å². The maximum atomic E-state index is 3.51. The summed E-state index contributed by atoms with van der Waals surface area (Å²) in [4.78, 5) is 0. The van der Waals surface area contributed by atoms with Gasteiger partial charge in [-0.1, -0.05) is 41.5 Å². The van der Waals surface area contributed by atoms with Crippen molar-refractivity contribution < 1.29 is 0 Å². The van der Waals surface area contributed by atoms with E-state index in [1.54, 1.807) is 5.57 Å². The summed E-state index contributed by atoms with van der Waals surface area (Å²) in [5, 5.41) is 3.51. The van der Waals surface area contributed by atoms with Gasteiger partial charge in [0.05, 0.1) is 0 Å². The number of benzene rings is 1. The molecule has 0 amide bonds. The van der Waals surface area contributed by atoms with E-state index in [4.69, 9.17) is 0 Å². The van der Waals surface area contributed by atoms with Gasteiger partial charge in [0.15, 0.2) is 0 Å². The van der Waals surface area contributed by atoms with Gasteiger partial charge in [0.25, 0.3) is 0 Å². The summed E-state index contributed by atoms with van der Waals surface area (Å²) in [6.45, 7) is 4.25. The van der Waals surface area contributed by atoms with Gasteiger partial charge >= 0.3 is 0 Å². The molecule has 0 saturated heterocycles. The normalized spacial score (nSPS) is 15.2. The van der Waals surface area contributed by atoms with Gasteiger partial charge in [-0.25, -0.2) is 0 Å². The van der Waals surface area contributed by atoms with Crippen LogP contribution in [0.4, 0.5) is 0 Å². The van der Waals surface area contributed by atoms with Crippen molar-refractivity contribution in [2.75, 3.05) is 6.54 Å². The average Bonchev–Trinajstić information content (AvgIpc) is 2.77. The Morgan fingerprint density at radius 2 is 2.25 bits per heavy atom. The second-order valence-corrected chi connectivity index (χ2v) is 4.67. The molecule has 0 atom stereocenters. The van der Waals surface area contributed by atoms with E-state index in [0.717, 1.165) is 13.1 Å². The molecule has 1 N–H and O–H groups in total. The van der Waals surface area contributed by atoms with E-state index in [1.807, 2.05) is 0 Å². The van der Waals surface area contributed by atoms with Crippen molar-refractivity contribution in [3.8, 4) is 0 Å². The SMILES string of the molecule is Cc1cccc(CNCCC2=CCCC2)c1. The van der Waals surface area contributed by atoms with Crippen molar-refractivity contribution in [3.63, 3.8) is 0 Å². The second-order valence-electron chi connectivity index (χ2n) is 4.67.